The van der Waals surface area contributed by atoms with Crippen LogP contribution in [0.4, 0.5) is 5.69 Å². The van der Waals surface area contributed by atoms with Crippen molar-refractivity contribution in [2.24, 2.45) is 0 Å². The Balaban J connectivity index is 1.64. The molecule has 28 heavy (non-hydrogen) atoms. The second-order valence-corrected chi connectivity index (χ2v) is 6.79. The van der Waals surface area contributed by atoms with E-state index in [1.807, 2.05) is 0 Å². The quantitative estimate of drug-likeness (QED) is 0.747. The van der Waals surface area contributed by atoms with Crippen LogP contribution in [0, 0.1) is 0 Å². The van der Waals surface area contributed by atoms with Crippen molar-refractivity contribution in [2.75, 3.05) is 11.9 Å². The van der Waals surface area contributed by atoms with Gasteiger partial charge in [0.25, 0.3) is 11.8 Å². The highest BCUT2D eigenvalue weighted by Gasteiger charge is 2.18. The summed E-state index contributed by atoms with van der Waals surface area (Å²) in [6.45, 7) is 2.05. The standard InChI is InChI=1S/C22H24N2O4/c1-2-28-22(27)15-10-12-19(13-11-15)24-21(26)17-7-5-6-16(14-17)20(25)23-18-8-3-4-9-18/h5-7,10-14,18H,2-4,8-9H2,1H3,(H,23,25)(H,24,26). The molecule has 0 heterocycles. The van der Waals surface area contributed by atoms with Crippen LogP contribution >= 0.6 is 0 Å². The third-order valence-electron chi connectivity index (χ3n) is 4.73. The van der Waals surface area contributed by atoms with Gasteiger partial charge in [0.15, 0.2) is 0 Å². The molecule has 0 spiro atoms. The maximum absolute atomic E-state index is 12.5. The Hall–Kier alpha value is -3.15. The number of carbonyl (C=O) groups is 3. The molecule has 0 aromatic heterocycles. The largest absolute Gasteiger partial charge is 0.462 e. The number of esters is 1. The summed E-state index contributed by atoms with van der Waals surface area (Å²) >= 11 is 0. The molecule has 1 fully saturated rings. The van der Waals surface area contributed by atoms with Gasteiger partial charge in [-0.25, -0.2) is 4.79 Å². The van der Waals surface area contributed by atoms with Crippen LogP contribution in [-0.2, 0) is 4.74 Å². The van der Waals surface area contributed by atoms with Crippen molar-refractivity contribution in [1.82, 2.24) is 5.32 Å². The fourth-order valence-electron chi connectivity index (χ4n) is 3.25. The SMILES string of the molecule is CCOC(=O)c1ccc(NC(=O)c2cccc(C(=O)NC3CCCC3)c2)cc1. The van der Waals surface area contributed by atoms with Crippen LogP contribution in [0.1, 0.15) is 63.7 Å². The Bertz CT molecular complexity index is 855. The molecule has 1 aliphatic rings. The van der Waals surface area contributed by atoms with Crippen molar-refractivity contribution in [3.63, 3.8) is 0 Å². The topological polar surface area (TPSA) is 84.5 Å². The van der Waals surface area contributed by atoms with E-state index in [0.29, 0.717) is 29.0 Å². The van der Waals surface area contributed by atoms with Crippen LogP contribution in [0.2, 0.25) is 0 Å². The third-order valence-corrected chi connectivity index (χ3v) is 4.73. The van der Waals surface area contributed by atoms with Crippen LogP contribution < -0.4 is 10.6 Å². The molecule has 146 valence electrons. The first-order chi connectivity index (χ1) is 13.6. The summed E-state index contributed by atoms with van der Waals surface area (Å²) in [5.41, 5.74) is 1.84. The number of nitrogens with one attached hydrogen (secondary N) is 2. The van der Waals surface area contributed by atoms with E-state index in [1.165, 1.54) is 0 Å². The van der Waals surface area contributed by atoms with E-state index in [4.69, 9.17) is 4.74 Å². The highest BCUT2D eigenvalue weighted by atomic mass is 16.5. The van der Waals surface area contributed by atoms with Crippen LogP contribution in [-0.4, -0.2) is 30.4 Å². The smallest absolute Gasteiger partial charge is 0.338 e. The highest BCUT2D eigenvalue weighted by molar-refractivity contribution is 6.06. The first-order valence-electron chi connectivity index (χ1n) is 9.56. The molecular weight excluding hydrogens is 356 g/mol. The number of anilines is 1. The van der Waals surface area contributed by atoms with E-state index in [1.54, 1.807) is 55.5 Å². The maximum Gasteiger partial charge on any atom is 0.338 e. The van der Waals surface area contributed by atoms with Crippen molar-refractivity contribution >= 4 is 23.5 Å². The van der Waals surface area contributed by atoms with Gasteiger partial charge in [0.05, 0.1) is 12.2 Å². The number of hydrogen-bond acceptors (Lipinski definition) is 4. The molecule has 2 aromatic carbocycles. The summed E-state index contributed by atoms with van der Waals surface area (Å²) in [7, 11) is 0. The summed E-state index contributed by atoms with van der Waals surface area (Å²) in [5, 5.41) is 5.80. The van der Waals surface area contributed by atoms with Gasteiger partial charge < -0.3 is 15.4 Å². The summed E-state index contributed by atoms with van der Waals surface area (Å²) in [4.78, 5) is 36.6. The highest BCUT2D eigenvalue weighted by Crippen LogP contribution is 2.18. The van der Waals surface area contributed by atoms with Crippen molar-refractivity contribution in [3.05, 3.63) is 65.2 Å². The van der Waals surface area contributed by atoms with E-state index in [0.717, 1.165) is 25.7 Å². The fourth-order valence-corrected chi connectivity index (χ4v) is 3.25. The molecule has 0 bridgehead atoms. The van der Waals surface area contributed by atoms with Gasteiger partial charge in [0, 0.05) is 22.9 Å². The predicted octanol–water partition coefficient (Wildman–Crippen LogP) is 3.79. The normalized spacial score (nSPS) is 13.8. The molecule has 2 N–H and O–H groups in total. The predicted molar refractivity (Wildman–Crippen MR) is 107 cm³/mol. The van der Waals surface area contributed by atoms with Crippen molar-refractivity contribution in [2.45, 2.75) is 38.6 Å². The van der Waals surface area contributed by atoms with Crippen molar-refractivity contribution < 1.29 is 19.1 Å². The van der Waals surface area contributed by atoms with Gasteiger partial charge >= 0.3 is 5.97 Å². The molecule has 1 saturated carbocycles. The van der Waals surface area contributed by atoms with Gasteiger partial charge in [-0.3, -0.25) is 9.59 Å². The monoisotopic (exact) mass is 380 g/mol. The molecule has 0 saturated heterocycles. The molecule has 2 amide bonds. The lowest BCUT2D eigenvalue weighted by Gasteiger charge is -2.12. The first kappa shape index (κ1) is 19.6. The Labute approximate surface area is 164 Å². The number of hydrogen-bond donors (Lipinski definition) is 2. The van der Waals surface area contributed by atoms with Gasteiger partial charge in [-0.1, -0.05) is 18.9 Å². The van der Waals surface area contributed by atoms with Crippen molar-refractivity contribution in [3.8, 4) is 0 Å². The molecule has 2 aromatic rings. The van der Waals surface area contributed by atoms with Gasteiger partial charge in [0.1, 0.15) is 0 Å². The molecular formula is C22H24N2O4. The lowest BCUT2D eigenvalue weighted by Crippen LogP contribution is -2.32. The van der Waals surface area contributed by atoms with E-state index in [9.17, 15) is 14.4 Å². The number of amides is 2. The number of benzene rings is 2. The van der Waals surface area contributed by atoms with E-state index >= 15 is 0 Å². The fraction of sp³-hybridized carbons (Fsp3) is 0.318. The Kier molecular flexibility index (Phi) is 6.42. The van der Waals surface area contributed by atoms with Gasteiger partial charge in [-0.05, 0) is 62.2 Å². The number of carbonyl (C=O) groups excluding carboxylic acids is 3. The average molecular weight is 380 g/mol. The van der Waals surface area contributed by atoms with Gasteiger partial charge in [-0.15, -0.1) is 0 Å². The molecule has 0 unspecified atom stereocenters. The first-order valence-corrected chi connectivity index (χ1v) is 9.56. The van der Waals surface area contributed by atoms with E-state index < -0.39 is 5.97 Å². The Morgan fingerprint density at radius 3 is 2.21 bits per heavy atom. The summed E-state index contributed by atoms with van der Waals surface area (Å²) in [5.74, 6) is -0.874. The minimum absolute atomic E-state index is 0.152. The molecule has 0 aliphatic heterocycles. The van der Waals surface area contributed by atoms with Crippen LogP contribution in [0.3, 0.4) is 0 Å². The lowest BCUT2D eigenvalue weighted by atomic mass is 10.1. The van der Waals surface area contributed by atoms with Crippen LogP contribution in [0.15, 0.2) is 48.5 Å². The number of ether oxygens (including phenoxy) is 1. The minimum Gasteiger partial charge on any atom is -0.462 e. The molecule has 3 rings (SSSR count). The zero-order valence-corrected chi connectivity index (χ0v) is 15.9. The second kappa shape index (κ2) is 9.17. The molecule has 1 aliphatic carbocycles. The second-order valence-electron chi connectivity index (χ2n) is 6.79. The average Bonchev–Trinajstić information content (AvgIpc) is 3.22. The van der Waals surface area contributed by atoms with E-state index in [2.05, 4.69) is 10.6 Å². The minimum atomic E-state index is -0.402. The van der Waals surface area contributed by atoms with Gasteiger partial charge in [-0.2, -0.15) is 0 Å². The summed E-state index contributed by atoms with van der Waals surface area (Å²) < 4.78 is 4.94. The Morgan fingerprint density at radius 1 is 0.929 bits per heavy atom. The molecule has 0 radical (unpaired) electrons. The lowest BCUT2D eigenvalue weighted by molar-refractivity contribution is 0.0526. The molecule has 6 heteroatoms. The molecule has 6 nitrogen and oxygen atoms in total. The van der Waals surface area contributed by atoms with Crippen LogP contribution in [0.5, 0.6) is 0 Å². The van der Waals surface area contributed by atoms with Crippen molar-refractivity contribution in [1.29, 1.82) is 0 Å². The van der Waals surface area contributed by atoms with Gasteiger partial charge in [0.2, 0.25) is 0 Å². The molecule has 0 atom stereocenters. The maximum atomic E-state index is 12.5. The third kappa shape index (κ3) is 4.97. The summed E-state index contributed by atoms with van der Waals surface area (Å²) in [6.07, 6.45) is 4.30. The van der Waals surface area contributed by atoms with E-state index in [-0.39, 0.29) is 17.9 Å². The van der Waals surface area contributed by atoms with Crippen LogP contribution in [0.25, 0.3) is 0 Å². The number of rotatable bonds is 6. The summed E-state index contributed by atoms with van der Waals surface area (Å²) in [6, 6.07) is 13.3. The Morgan fingerprint density at radius 2 is 1.57 bits per heavy atom. The zero-order chi connectivity index (χ0) is 19.9. The zero-order valence-electron chi connectivity index (χ0n) is 15.9.